The Morgan fingerprint density at radius 2 is 0.895 bits per heavy atom. The SMILES string of the molecule is CCCCCCCCCCCCCC(CCCCCCCCCCCC)OC1O[C@H](CO)[C@@H](O)[C@H](O)[C@H]1O. The predicted molar refractivity (Wildman–Crippen MR) is 156 cm³/mol. The summed E-state index contributed by atoms with van der Waals surface area (Å²) in [5.74, 6) is 0. The van der Waals surface area contributed by atoms with Crippen molar-refractivity contribution >= 4 is 0 Å². The van der Waals surface area contributed by atoms with Gasteiger partial charge in [0.1, 0.15) is 24.4 Å². The first-order valence-electron chi connectivity index (χ1n) is 16.5. The number of hydrogen-bond donors (Lipinski definition) is 4. The first-order chi connectivity index (χ1) is 18.5. The molecule has 6 nitrogen and oxygen atoms in total. The molecule has 0 radical (unpaired) electrons. The second kappa shape index (κ2) is 24.5. The standard InChI is InChI=1S/C32H64O6/c1-3-5-7-9-11-13-15-17-19-21-23-25-27(24-22-20-18-16-14-12-10-8-6-4-2)37-32-31(36)30(35)29(34)28(26-33)38-32/h27-36H,3-26H2,1-2H3/t27?,28-,29-,30+,31-,32?/m1/s1. The molecule has 1 aliphatic heterocycles. The molecule has 0 aromatic carbocycles. The highest BCUT2D eigenvalue weighted by atomic mass is 16.7. The van der Waals surface area contributed by atoms with Crippen LogP contribution >= 0.6 is 0 Å². The predicted octanol–water partition coefficient (Wildman–Crippen LogP) is 7.18. The van der Waals surface area contributed by atoms with Gasteiger partial charge >= 0.3 is 0 Å². The van der Waals surface area contributed by atoms with Gasteiger partial charge in [0.05, 0.1) is 12.7 Å². The molecule has 0 aromatic heterocycles. The Balaban J connectivity index is 2.34. The third kappa shape index (κ3) is 16.8. The van der Waals surface area contributed by atoms with Crippen LogP contribution in [0.4, 0.5) is 0 Å². The molecule has 0 bridgehead atoms. The molecule has 38 heavy (non-hydrogen) atoms. The third-order valence-electron chi connectivity index (χ3n) is 8.18. The van der Waals surface area contributed by atoms with Crippen molar-refractivity contribution in [3.8, 4) is 0 Å². The Labute approximate surface area is 234 Å². The summed E-state index contributed by atoms with van der Waals surface area (Å²) in [6.45, 7) is 4.09. The van der Waals surface area contributed by atoms with Crippen LogP contribution < -0.4 is 0 Å². The van der Waals surface area contributed by atoms with E-state index in [9.17, 15) is 20.4 Å². The van der Waals surface area contributed by atoms with Gasteiger partial charge in [-0.15, -0.1) is 0 Å². The smallest absolute Gasteiger partial charge is 0.186 e. The number of aliphatic hydroxyl groups is 4. The van der Waals surface area contributed by atoms with Crippen LogP contribution in [-0.4, -0.2) is 63.8 Å². The van der Waals surface area contributed by atoms with Crippen LogP contribution in [0.5, 0.6) is 0 Å². The van der Waals surface area contributed by atoms with Gasteiger partial charge in [-0.2, -0.15) is 0 Å². The molecular weight excluding hydrogens is 480 g/mol. The number of unbranched alkanes of at least 4 members (excludes halogenated alkanes) is 19. The number of hydrogen-bond acceptors (Lipinski definition) is 6. The summed E-state index contributed by atoms with van der Waals surface area (Å²) in [5.41, 5.74) is 0. The first-order valence-corrected chi connectivity index (χ1v) is 16.5. The van der Waals surface area contributed by atoms with Crippen molar-refractivity contribution in [1.82, 2.24) is 0 Å². The minimum absolute atomic E-state index is 0.0518. The monoisotopic (exact) mass is 544 g/mol. The molecule has 1 aliphatic rings. The summed E-state index contributed by atoms with van der Waals surface area (Å²) in [6, 6.07) is 0. The zero-order valence-electron chi connectivity index (χ0n) is 25.0. The molecular formula is C32H64O6. The Hall–Kier alpha value is -0.240. The average Bonchev–Trinajstić information content (AvgIpc) is 2.92. The second-order valence-corrected chi connectivity index (χ2v) is 11.8. The van der Waals surface area contributed by atoms with Crippen molar-refractivity contribution in [2.24, 2.45) is 0 Å². The molecule has 0 aliphatic carbocycles. The van der Waals surface area contributed by atoms with Crippen LogP contribution in [0.25, 0.3) is 0 Å². The molecule has 1 saturated heterocycles. The molecule has 1 rings (SSSR count). The van der Waals surface area contributed by atoms with E-state index in [1.54, 1.807) is 0 Å². The van der Waals surface area contributed by atoms with Crippen LogP contribution in [0.15, 0.2) is 0 Å². The normalized spacial score (nSPS) is 24.6. The van der Waals surface area contributed by atoms with Gasteiger partial charge in [0.2, 0.25) is 0 Å². The van der Waals surface area contributed by atoms with E-state index in [4.69, 9.17) is 9.47 Å². The zero-order chi connectivity index (χ0) is 27.8. The Kier molecular flexibility index (Phi) is 23.1. The number of ether oxygens (including phenoxy) is 2. The van der Waals surface area contributed by atoms with E-state index >= 15 is 0 Å². The fraction of sp³-hybridized carbons (Fsp3) is 1.00. The van der Waals surface area contributed by atoms with E-state index < -0.39 is 37.3 Å². The lowest BCUT2D eigenvalue weighted by atomic mass is 9.98. The molecule has 4 N–H and O–H groups in total. The summed E-state index contributed by atoms with van der Waals surface area (Å²) in [6.07, 6.45) is 22.9. The minimum Gasteiger partial charge on any atom is -0.394 e. The molecule has 6 heteroatoms. The van der Waals surface area contributed by atoms with Crippen molar-refractivity contribution in [2.75, 3.05) is 6.61 Å². The summed E-state index contributed by atoms with van der Waals surface area (Å²) in [7, 11) is 0. The largest absolute Gasteiger partial charge is 0.394 e. The fourth-order valence-electron chi connectivity index (χ4n) is 5.55. The van der Waals surface area contributed by atoms with E-state index in [0.717, 1.165) is 25.7 Å². The molecule has 0 spiro atoms. The fourth-order valence-corrected chi connectivity index (χ4v) is 5.55. The van der Waals surface area contributed by atoms with Gasteiger partial charge in [0.15, 0.2) is 6.29 Å². The first kappa shape index (κ1) is 35.8. The Morgan fingerprint density at radius 1 is 0.526 bits per heavy atom. The van der Waals surface area contributed by atoms with Crippen LogP contribution in [0.3, 0.4) is 0 Å². The van der Waals surface area contributed by atoms with Crippen molar-refractivity contribution < 1.29 is 29.9 Å². The highest BCUT2D eigenvalue weighted by Crippen LogP contribution is 2.26. The minimum atomic E-state index is -1.38. The maximum absolute atomic E-state index is 10.4. The van der Waals surface area contributed by atoms with Crippen molar-refractivity contribution in [2.45, 2.75) is 198 Å². The summed E-state index contributed by atoms with van der Waals surface area (Å²) in [4.78, 5) is 0. The molecule has 6 atom stereocenters. The number of aliphatic hydroxyl groups excluding tert-OH is 4. The van der Waals surface area contributed by atoms with Gasteiger partial charge in [0.25, 0.3) is 0 Å². The van der Waals surface area contributed by atoms with Gasteiger partial charge < -0.3 is 29.9 Å². The lowest BCUT2D eigenvalue weighted by Gasteiger charge is -2.41. The molecule has 1 heterocycles. The molecule has 1 fully saturated rings. The lowest BCUT2D eigenvalue weighted by molar-refractivity contribution is -0.312. The van der Waals surface area contributed by atoms with E-state index in [1.807, 2.05) is 0 Å². The van der Waals surface area contributed by atoms with Gasteiger partial charge in [-0.3, -0.25) is 0 Å². The van der Waals surface area contributed by atoms with Crippen LogP contribution in [0, 0.1) is 0 Å². The molecule has 0 amide bonds. The summed E-state index contributed by atoms with van der Waals surface area (Å²) >= 11 is 0. The maximum atomic E-state index is 10.4. The van der Waals surface area contributed by atoms with E-state index in [-0.39, 0.29) is 6.10 Å². The van der Waals surface area contributed by atoms with E-state index in [0.29, 0.717) is 0 Å². The van der Waals surface area contributed by atoms with Gasteiger partial charge in [-0.25, -0.2) is 0 Å². The third-order valence-corrected chi connectivity index (χ3v) is 8.18. The molecule has 228 valence electrons. The molecule has 0 aromatic rings. The quantitative estimate of drug-likeness (QED) is 0.0861. The zero-order valence-corrected chi connectivity index (χ0v) is 25.0. The average molecular weight is 545 g/mol. The second-order valence-electron chi connectivity index (χ2n) is 11.8. The van der Waals surface area contributed by atoms with Gasteiger partial charge in [-0.05, 0) is 12.8 Å². The van der Waals surface area contributed by atoms with Crippen LogP contribution in [0.1, 0.15) is 162 Å². The number of rotatable bonds is 26. The molecule has 2 unspecified atom stereocenters. The lowest BCUT2D eigenvalue weighted by Crippen LogP contribution is -2.59. The van der Waals surface area contributed by atoms with Crippen LogP contribution in [-0.2, 0) is 9.47 Å². The summed E-state index contributed by atoms with van der Waals surface area (Å²) in [5, 5.41) is 40.2. The summed E-state index contributed by atoms with van der Waals surface area (Å²) < 4.78 is 11.8. The van der Waals surface area contributed by atoms with Crippen molar-refractivity contribution in [3.63, 3.8) is 0 Å². The highest BCUT2D eigenvalue weighted by Gasteiger charge is 2.44. The van der Waals surface area contributed by atoms with Crippen LogP contribution in [0.2, 0.25) is 0 Å². The van der Waals surface area contributed by atoms with Gasteiger partial charge in [0, 0.05) is 0 Å². The topological polar surface area (TPSA) is 99.4 Å². The van der Waals surface area contributed by atoms with Crippen molar-refractivity contribution in [3.05, 3.63) is 0 Å². The van der Waals surface area contributed by atoms with E-state index in [1.165, 1.54) is 122 Å². The van der Waals surface area contributed by atoms with Gasteiger partial charge in [-0.1, -0.05) is 149 Å². The Bertz CT molecular complexity index is 502. The van der Waals surface area contributed by atoms with Crippen molar-refractivity contribution in [1.29, 1.82) is 0 Å². The molecule has 0 saturated carbocycles. The maximum Gasteiger partial charge on any atom is 0.186 e. The van der Waals surface area contributed by atoms with E-state index in [2.05, 4.69) is 13.8 Å². The highest BCUT2D eigenvalue weighted by molar-refractivity contribution is 4.89. The Morgan fingerprint density at radius 3 is 1.26 bits per heavy atom.